The highest BCUT2D eigenvalue weighted by molar-refractivity contribution is 6.01. The molecule has 0 fully saturated rings. The number of nitrogens with zero attached hydrogens (tertiary/aromatic N) is 2. The molecule has 1 aliphatic rings. The molecule has 3 aromatic rings. The number of hydrogen-bond acceptors (Lipinski definition) is 4. The van der Waals surface area contributed by atoms with Gasteiger partial charge in [0, 0.05) is 22.6 Å². The minimum Gasteiger partial charge on any atom is -0.486 e. The quantitative estimate of drug-likeness (QED) is 0.541. The van der Waals surface area contributed by atoms with Gasteiger partial charge in [-0.15, -0.1) is 0 Å². The predicted octanol–water partition coefficient (Wildman–Crippen LogP) is 4.02. The van der Waals surface area contributed by atoms with Crippen molar-refractivity contribution in [3.63, 3.8) is 0 Å². The molecule has 0 radical (unpaired) electrons. The first-order valence-corrected chi connectivity index (χ1v) is 9.53. The number of hydrogen-bond donors (Lipinski definition) is 1. The molecule has 148 valence electrons. The van der Waals surface area contributed by atoms with Crippen LogP contribution in [0.4, 0.5) is 0 Å². The van der Waals surface area contributed by atoms with Crippen LogP contribution in [0.1, 0.15) is 34.2 Å². The molecule has 0 unspecified atom stereocenters. The van der Waals surface area contributed by atoms with Crippen LogP contribution in [0.3, 0.4) is 0 Å². The third-order valence-electron chi connectivity index (χ3n) is 4.98. The van der Waals surface area contributed by atoms with E-state index in [0.29, 0.717) is 30.2 Å². The molecule has 6 heteroatoms. The maximum Gasteiger partial charge on any atom is 0.273 e. The van der Waals surface area contributed by atoms with Gasteiger partial charge in [-0.3, -0.25) is 4.79 Å². The summed E-state index contributed by atoms with van der Waals surface area (Å²) in [7, 11) is 0. The van der Waals surface area contributed by atoms with Crippen LogP contribution in [0, 0.1) is 13.8 Å². The molecule has 0 saturated heterocycles. The van der Waals surface area contributed by atoms with Crippen LogP contribution >= 0.6 is 0 Å². The van der Waals surface area contributed by atoms with Crippen LogP contribution in [-0.4, -0.2) is 29.4 Å². The van der Waals surface area contributed by atoms with Crippen LogP contribution in [0.5, 0.6) is 11.5 Å². The van der Waals surface area contributed by atoms with Crippen molar-refractivity contribution in [2.45, 2.75) is 20.8 Å². The number of rotatable bonds is 4. The van der Waals surface area contributed by atoms with Crippen LogP contribution in [0.15, 0.2) is 59.7 Å². The Balaban J connectivity index is 1.54. The fraction of sp³-hybridized carbons (Fsp3) is 0.217. The third kappa shape index (κ3) is 3.74. The molecular weight excluding hydrogens is 366 g/mol. The zero-order valence-electron chi connectivity index (χ0n) is 16.7. The topological polar surface area (TPSA) is 64.9 Å². The molecule has 1 aromatic heterocycles. The number of amides is 1. The molecule has 1 aliphatic heterocycles. The molecule has 0 spiro atoms. The average molecular weight is 389 g/mol. The summed E-state index contributed by atoms with van der Waals surface area (Å²) in [6.07, 6.45) is 0. The number of ether oxygens (including phenoxy) is 2. The Kier molecular flexibility index (Phi) is 5.08. The Morgan fingerprint density at radius 3 is 2.48 bits per heavy atom. The number of carbonyl (C=O) groups is 1. The molecule has 2 aromatic carbocycles. The maximum absolute atomic E-state index is 12.8. The number of aromatic nitrogens is 1. The van der Waals surface area contributed by atoms with E-state index < -0.39 is 0 Å². The zero-order valence-corrected chi connectivity index (χ0v) is 16.7. The van der Waals surface area contributed by atoms with Gasteiger partial charge >= 0.3 is 0 Å². The van der Waals surface area contributed by atoms with E-state index in [4.69, 9.17) is 9.47 Å². The molecule has 6 nitrogen and oxygen atoms in total. The van der Waals surface area contributed by atoms with Crippen LogP contribution in [0.2, 0.25) is 0 Å². The van der Waals surface area contributed by atoms with E-state index in [1.54, 1.807) is 0 Å². The summed E-state index contributed by atoms with van der Waals surface area (Å²) in [6, 6.07) is 17.5. The number of carbonyl (C=O) groups excluding carboxylic acids is 1. The first-order chi connectivity index (χ1) is 14.0. The van der Waals surface area contributed by atoms with Crippen LogP contribution in [-0.2, 0) is 0 Å². The standard InChI is InChI=1S/C23H23N3O3/c1-15-13-20(17(3)26(15)19-7-5-4-6-8-19)23(27)25-24-16(2)18-9-10-21-22(14-18)29-12-11-28-21/h4-10,13-14H,11-12H2,1-3H3,(H,25,27)/b24-16+. The molecule has 1 amide bonds. The molecular formula is C23H23N3O3. The van der Waals surface area contributed by atoms with Gasteiger partial charge < -0.3 is 14.0 Å². The Bertz CT molecular complexity index is 1080. The van der Waals surface area contributed by atoms with Gasteiger partial charge in [0.15, 0.2) is 11.5 Å². The smallest absolute Gasteiger partial charge is 0.273 e. The minimum atomic E-state index is -0.239. The highest BCUT2D eigenvalue weighted by Gasteiger charge is 2.17. The van der Waals surface area contributed by atoms with Gasteiger partial charge in [-0.25, -0.2) is 5.43 Å². The average Bonchev–Trinajstić information content (AvgIpc) is 3.06. The molecule has 4 rings (SSSR count). The lowest BCUT2D eigenvalue weighted by atomic mass is 10.1. The zero-order chi connectivity index (χ0) is 20.4. The Labute approximate surface area is 169 Å². The van der Waals surface area contributed by atoms with Crippen molar-refractivity contribution in [1.29, 1.82) is 0 Å². The van der Waals surface area contributed by atoms with Gasteiger partial charge in [0.2, 0.25) is 0 Å². The Morgan fingerprint density at radius 2 is 1.72 bits per heavy atom. The lowest BCUT2D eigenvalue weighted by molar-refractivity contribution is 0.0954. The van der Waals surface area contributed by atoms with Crippen LogP contribution < -0.4 is 14.9 Å². The lowest BCUT2D eigenvalue weighted by Crippen LogP contribution is -2.20. The summed E-state index contributed by atoms with van der Waals surface area (Å²) in [5.41, 5.74) is 7.72. The van der Waals surface area contributed by atoms with Crippen molar-refractivity contribution in [1.82, 2.24) is 9.99 Å². The van der Waals surface area contributed by atoms with Gasteiger partial charge in [-0.1, -0.05) is 18.2 Å². The van der Waals surface area contributed by atoms with Gasteiger partial charge in [0.05, 0.1) is 11.3 Å². The Morgan fingerprint density at radius 1 is 1.00 bits per heavy atom. The van der Waals surface area contributed by atoms with Gasteiger partial charge in [-0.2, -0.15) is 5.10 Å². The monoisotopic (exact) mass is 389 g/mol. The lowest BCUT2D eigenvalue weighted by Gasteiger charge is -2.18. The van der Waals surface area contributed by atoms with E-state index in [2.05, 4.69) is 15.1 Å². The highest BCUT2D eigenvalue weighted by Crippen LogP contribution is 2.30. The summed E-state index contributed by atoms with van der Waals surface area (Å²) in [6.45, 7) is 6.85. The fourth-order valence-electron chi connectivity index (χ4n) is 3.49. The van der Waals surface area contributed by atoms with Crippen molar-refractivity contribution < 1.29 is 14.3 Å². The molecule has 1 N–H and O–H groups in total. The molecule has 2 heterocycles. The van der Waals surface area contributed by atoms with Gasteiger partial charge in [0.25, 0.3) is 5.91 Å². The molecule has 0 aliphatic carbocycles. The number of para-hydroxylation sites is 1. The van der Waals surface area contributed by atoms with Gasteiger partial charge in [0.1, 0.15) is 13.2 Å². The number of benzene rings is 2. The van der Waals surface area contributed by atoms with E-state index in [0.717, 1.165) is 28.4 Å². The second kappa shape index (κ2) is 7.83. The highest BCUT2D eigenvalue weighted by atomic mass is 16.6. The summed E-state index contributed by atoms with van der Waals surface area (Å²) < 4.78 is 13.2. The largest absolute Gasteiger partial charge is 0.486 e. The van der Waals surface area contributed by atoms with E-state index in [-0.39, 0.29) is 5.91 Å². The van der Waals surface area contributed by atoms with Crippen molar-refractivity contribution in [2.24, 2.45) is 5.10 Å². The predicted molar refractivity (Wildman–Crippen MR) is 112 cm³/mol. The van der Waals surface area contributed by atoms with Crippen molar-refractivity contribution in [3.8, 4) is 17.2 Å². The van der Waals surface area contributed by atoms with E-state index in [1.165, 1.54) is 0 Å². The maximum atomic E-state index is 12.8. The summed E-state index contributed by atoms with van der Waals surface area (Å²) in [5.74, 6) is 1.18. The summed E-state index contributed by atoms with van der Waals surface area (Å²) >= 11 is 0. The molecule has 0 bridgehead atoms. The van der Waals surface area contributed by atoms with E-state index in [9.17, 15) is 4.79 Å². The van der Waals surface area contributed by atoms with E-state index >= 15 is 0 Å². The number of hydrazone groups is 1. The molecule has 0 saturated carbocycles. The fourth-order valence-corrected chi connectivity index (χ4v) is 3.49. The summed E-state index contributed by atoms with van der Waals surface area (Å²) in [4.78, 5) is 12.8. The minimum absolute atomic E-state index is 0.239. The van der Waals surface area contributed by atoms with Crippen molar-refractivity contribution in [3.05, 3.63) is 77.1 Å². The number of fused-ring (bicyclic) bond motifs is 1. The normalized spacial score (nSPS) is 13.3. The van der Waals surface area contributed by atoms with E-state index in [1.807, 2.05) is 75.4 Å². The second-order valence-electron chi connectivity index (χ2n) is 6.95. The van der Waals surface area contributed by atoms with Crippen molar-refractivity contribution >= 4 is 11.6 Å². The molecule has 0 atom stereocenters. The third-order valence-corrected chi connectivity index (χ3v) is 4.98. The van der Waals surface area contributed by atoms with Gasteiger partial charge in [-0.05, 0) is 57.2 Å². The SMILES string of the molecule is C/C(=N\NC(=O)c1cc(C)n(-c2ccccc2)c1C)c1ccc2c(c1)OCCO2. The van der Waals surface area contributed by atoms with Crippen LogP contribution in [0.25, 0.3) is 5.69 Å². The second-order valence-corrected chi connectivity index (χ2v) is 6.95. The number of aryl methyl sites for hydroxylation is 1. The summed E-state index contributed by atoms with van der Waals surface area (Å²) in [5, 5.41) is 4.28. The Hall–Kier alpha value is -3.54. The van der Waals surface area contributed by atoms with Crippen molar-refractivity contribution in [2.75, 3.05) is 13.2 Å². The number of nitrogens with one attached hydrogen (secondary N) is 1. The first-order valence-electron chi connectivity index (χ1n) is 9.53. The molecule has 29 heavy (non-hydrogen) atoms. The first kappa shape index (κ1) is 18.8.